The van der Waals surface area contributed by atoms with Crippen molar-refractivity contribution < 1.29 is 19.4 Å². The maximum Gasteiger partial charge on any atom is 0.259 e. The van der Waals surface area contributed by atoms with E-state index in [1.54, 1.807) is 24.3 Å². The molecule has 0 saturated heterocycles. The van der Waals surface area contributed by atoms with E-state index < -0.39 is 11.7 Å². The van der Waals surface area contributed by atoms with Crippen LogP contribution < -0.4 is 5.32 Å². The number of anilines is 1. The van der Waals surface area contributed by atoms with Crippen LogP contribution in [-0.4, -0.2) is 21.1 Å². The Hall–Kier alpha value is -3.41. The fourth-order valence-corrected chi connectivity index (χ4v) is 2.22. The van der Waals surface area contributed by atoms with Crippen LogP contribution in [-0.2, 0) is 0 Å². The van der Waals surface area contributed by atoms with Crippen molar-refractivity contribution >= 4 is 11.7 Å². The fourth-order valence-electron chi connectivity index (χ4n) is 2.22. The molecule has 3 N–H and O–H groups in total. The average molecular weight is 324 g/mol. The van der Waals surface area contributed by atoms with Gasteiger partial charge in [-0.15, -0.1) is 0 Å². The Morgan fingerprint density at radius 2 is 1.79 bits per heavy atom. The molecule has 0 atom stereocenters. The number of nitrogens with zero attached hydrogens (tertiary/aromatic N) is 1. The summed E-state index contributed by atoms with van der Waals surface area (Å²) in [6.45, 7) is 0. The molecule has 0 spiro atoms. The van der Waals surface area contributed by atoms with Crippen molar-refractivity contribution in [3.8, 4) is 22.6 Å². The van der Waals surface area contributed by atoms with Gasteiger partial charge in [-0.2, -0.15) is 0 Å². The molecule has 5 nitrogen and oxygen atoms in total. The highest BCUT2D eigenvalue weighted by Crippen LogP contribution is 2.35. The van der Waals surface area contributed by atoms with Crippen LogP contribution >= 0.6 is 0 Å². The van der Waals surface area contributed by atoms with E-state index in [1.165, 1.54) is 36.5 Å². The minimum atomic E-state index is -0.615. The van der Waals surface area contributed by atoms with Gasteiger partial charge in [-0.1, -0.05) is 24.3 Å². The summed E-state index contributed by atoms with van der Waals surface area (Å²) in [5.74, 6) is -1.46. The molecule has 0 saturated carbocycles. The summed E-state index contributed by atoms with van der Waals surface area (Å²) in [4.78, 5) is 16.1. The molecule has 0 fully saturated rings. The lowest BCUT2D eigenvalue weighted by Gasteiger charge is -2.08. The van der Waals surface area contributed by atoms with Crippen LogP contribution in [0, 0.1) is 5.82 Å². The molecule has 0 unspecified atom stereocenters. The van der Waals surface area contributed by atoms with Gasteiger partial charge in [0.25, 0.3) is 5.91 Å². The first-order valence-corrected chi connectivity index (χ1v) is 7.09. The van der Waals surface area contributed by atoms with E-state index in [2.05, 4.69) is 10.3 Å². The van der Waals surface area contributed by atoms with Gasteiger partial charge in [0, 0.05) is 17.3 Å². The van der Waals surface area contributed by atoms with Crippen LogP contribution in [0.3, 0.4) is 0 Å². The van der Waals surface area contributed by atoms with E-state index in [0.29, 0.717) is 11.1 Å². The lowest BCUT2D eigenvalue weighted by molar-refractivity contribution is 0.102. The van der Waals surface area contributed by atoms with Crippen LogP contribution in [0.25, 0.3) is 11.1 Å². The number of rotatable bonds is 3. The Labute approximate surface area is 137 Å². The molecule has 0 aliphatic rings. The van der Waals surface area contributed by atoms with Crippen LogP contribution in [0.2, 0.25) is 0 Å². The molecule has 3 aromatic rings. The number of phenolic OH excluding ortho intramolecular Hbond substituents is 2. The third kappa shape index (κ3) is 3.03. The molecular weight excluding hydrogens is 311 g/mol. The Morgan fingerprint density at radius 3 is 2.50 bits per heavy atom. The Kier molecular flexibility index (Phi) is 4.11. The normalized spacial score (nSPS) is 10.4. The zero-order valence-corrected chi connectivity index (χ0v) is 12.4. The quantitative estimate of drug-likeness (QED) is 0.643. The summed E-state index contributed by atoms with van der Waals surface area (Å²) in [5, 5.41) is 21.9. The van der Waals surface area contributed by atoms with Crippen molar-refractivity contribution in [2.75, 3.05) is 5.32 Å². The van der Waals surface area contributed by atoms with Gasteiger partial charge in [0.15, 0.2) is 11.5 Å². The molecule has 0 radical (unpaired) electrons. The maximum atomic E-state index is 13.6. The highest BCUT2D eigenvalue weighted by molar-refractivity contribution is 6.04. The molecule has 6 heteroatoms. The standard InChI is InChI=1S/C18H13FN2O3/c19-14-6-2-1-4-13(14)18(24)21-16-9-8-11(10-20-16)12-5-3-7-15(22)17(12)23/h1-10,22-23H,(H,20,21,24). The molecular formula is C18H13FN2O3. The molecule has 120 valence electrons. The number of hydrogen-bond acceptors (Lipinski definition) is 4. The van der Waals surface area contributed by atoms with Gasteiger partial charge in [-0.3, -0.25) is 4.79 Å². The molecule has 3 rings (SSSR count). The number of carbonyl (C=O) groups excluding carboxylic acids is 1. The monoisotopic (exact) mass is 324 g/mol. The minimum absolute atomic E-state index is 0.0750. The number of pyridine rings is 1. The van der Waals surface area contributed by atoms with Crippen LogP contribution in [0.5, 0.6) is 11.5 Å². The molecule has 0 aliphatic carbocycles. The number of hydrogen-bond donors (Lipinski definition) is 3. The Balaban J connectivity index is 1.81. The molecule has 0 bridgehead atoms. The van der Waals surface area contributed by atoms with Gasteiger partial charge in [0.2, 0.25) is 0 Å². The number of para-hydroxylation sites is 1. The highest BCUT2D eigenvalue weighted by atomic mass is 19.1. The molecule has 1 aromatic heterocycles. The zero-order valence-electron chi connectivity index (χ0n) is 12.4. The molecule has 2 aromatic carbocycles. The van der Waals surface area contributed by atoms with Gasteiger partial charge in [-0.25, -0.2) is 9.37 Å². The SMILES string of the molecule is O=C(Nc1ccc(-c2cccc(O)c2O)cn1)c1ccccc1F. The van der Waals surface area contributed by atoms with E-state index in [4.69, 9.17) is 0 Å². The van der Waals surface area contributed by atoms with E-state index in [-0.39, 0.29) is 22.9 Å². The van der Waals surface area contributed by atoms with Crippen molar-refractivity contribution in [3.05, 3.63) is 72.2 Å². The first-order chi connectivity index (χ1) is 11.6. The maximum absolute atomic E-state index is 13.6. The van der Waals surface area contributed by atoms with Crippen molar-refractivity contribution in [1.82, 2.24) is 4.98 Å². The molecule has 1 heterocycles. The number of nitrogens with one attached hydrogen (secondary N) is 1. The van der Waals surface area contributed by atoms with Crippen LogP contribution in [0.1, 0.15) is 10.4 Å². The summed E-state index contributed by atoms with van der Waals surface area (Å²) in [7, 11) is 0. The smallest absolute Gasteiger partial charge is 0.259 e. The van der Waals surface area contributed by atoms with Crippen molar-refractivity contribution in [3.63, 3.8) is 0 Å². The summed E-state index contributed by atoms with van der Waals surface area (Å²) in [5.41, 5.74) is 0.899. The first-order valence-electron chi connectivity index (χ1n) is 7.09. The van der Waals surface area contributed by atoms with E-state index in [1.807, 2.05) is 0 Å². The predicted molar refractivity (Wildman–Crippen MR) is 87.4 cm³/mol. The van der Waals surface area contributed by atoms with Crippen molar-refractivity contribution in [2.45, 2.75) is 0 Å². The lowest BCUT2D eigenvalue weighted by Crippen LogP contribution is -2.14. The van der Waals surface area contributed by atoms with Crippen LogP contribution in [0.4, 0.5) is 10.2 Å². The largest absolute Gasteiger partial charge is 0.504 e. The van der Waals surface area contributed by atoms with Crippen molar-refractivity contribution in [1.29, 1.82) is 0 Å². The number of carbonyl (C=O) groups is 1. The Morgan fingerprint density at radius 1 is 1.00 bits per heavy atom. The number of amides is 1. The lowest BCUT2D eigenvalue weighted by atomic mass is 10.1. The zero-order chi connectivity index (χ0) is 17.1. The summed E-state index contributed by atoms with van der Waals surface area (Å²) in [6.07, 6.45) is 1.44. The third-order valence-corrected chi connectivity index (χ3v) is 3.45. The molecule has 0 aliphatic heterocycles. The topological polar surface area (TPSA) is 82.5 Å². The third-order valence-electron chi connectivity index (χ3n) is 3.45. The Bertz CT molecular complexity index is 895. The number of aromatic hydroxyl groups is 2. The fraction of sp³-hybridized carbons (Fsp3) is 0. The van der Waals surface area contributed by atoms with Gasteiger partial charge in [-0.05, 0) is 30.3 Å². The van der Waals surface area contributed by atoms with Crippen LogP contribution in [0.15, 0.2) is 60.8 Å². The first kappa shape index (κ1) is 15.5. The average Bonchev–Trinajstić information content (AvgIpc) is 2.58. The summed E-state index contributed by atoms with van der Waals surface area (Å²) >= 11 is 0. The number of halogens is 1. The van der Waals surface area contributed by atoms with Gasteiger partial charge in [0.05, 0.1) is 5.56 Å². The second kappa shape index (κ2) is 6.37. The van der Waals surface area contributed by atoms with E-state index in [9.17, 15) is 19.4 Å². The van der Waals surface area contributed by atoms with Gasteiger partial charge < -0.3 is 15.5 Å². The summed E-state index contributed by atoms with van der Waals surface area (Å²) < 4.78 is 13.6. The van der Waals surface area contributed by atoms with E-state index >= 15 is 0 Å². The predicted octanol–water partition coefficient (Wildman–Crippen LogP) is 3.55. The van der Waals surface area contributed by atoms with Crippen molar-refractivity contribution in [2.24, 2.45) is 0 Å². The number of phenols is 2. The highest BCUT2D eigenvalue weighted by Gasteiger charge is 2.12. The molecule has 24 heavy (non-hydrogen) atoms. The molecule has 1 amide bonds. The van der Waals surface area contributed by atoms with Gasteiger partial charge >= 0.3 is 0 Å². The van der Waals surface area contributed by atoms with Gasteiger partial charge in [0.1, 0.15) is 11.6 Å². The minimum Gasteiger partial charge on any atom is -0.504 e. The number of benzene rings is 2. The number of aromatic nitrogens is 1. The second-order valence-corrected chi connectivity index (χ2v) is 5.04. The second-order valence-electron chi connectivity index (χ2n) is 5.04. The summed E-state index contributed by atoms with van der Waals surface area (Å²) in [6, 6.07) is 13.4. The van der Waals surface area contributed by atoms with E-state index in [0.717, 1.165) is 0 Å².